The third-order valence-electron chi connectivity index (χ3n) is 3.58. The highest BCUT2D eigenvalue weighted by atomic mass is 127. The van der Waals surface area contributed by atoms with Crippen molar-refractivity contribution in [2.45, 2.75) is 6.42 Å². The van der Waals surface area contributed by atoms with Gasteiger partial charge in [-0.3, -0.25) is 4.99 Å². The van der Waals surface area contributed by atoms with Crippen LogP contribution in [0.4, 0.5) is 0 Å². The van der Waals surface area contributed by atoms with Crippen LogP contribution < -0.4 is 5.32 Å². The quantitative estimate of drug-likeness (QED) is 0.720. The molecule has 5 nitrogen and oxygen atoms in total. The predicted molar refractivity (Wildman–Crippen MR) is 86.9 cm³/mol. The molecule has 106 valence electrons. The number of rotatable bonds is 3. The molecule has 0 aromatic heterocycles. The molecular formula is C12H26IN5. The van der Waals surface area contributed by atoms with Gasteiger partial charge in [0.15, 0.2) is 5.96 Å². The normalized spacial score (nSPS) is 22.3. The monoisotopic (exact) mass is 367 g/mol. The molecule has 0 saturated carbocycles. The Balaban J connectivity index is 0.00000162. The van der Waals surface area contributed by atoms with E-state index in [0.29, 0.717) is 0 Å². The van der Waals surface area contributed by atoms with Crippen molar-refractivity contribution >= 4 is 29.9 Å². The second-order valence-corrected chi connectivity index (χ2v) is 5.05. The van der Waals surface area contributed by atoms with E-state index in [1.807, 2.05) is 0 Å². The van der Waals surface area contributed by atoms with E-state index in [-0.39, 0.29) is 24.0 Å². The molecule has 1 fully saturated rings. The van der Waals surface area contributed by atoms with Gasteiger partial charge in [0.1, 0.15) is 0 Å². The third-order valence-corrected chi connectivity index (χ3v) is 3.58. The molecular weight excluding hydrogens is 341 g/mol. The average molecular weight is 367 g/mol. The highest BCUT2D eigenvalue weighted by molar-refractivity contribution is 14.0. The zero-order valence-electron chi connectivity index (χ0n) is 11.6. The van der Waals surface area contributed by atoms with E-state index in [0.717, 1.165) is 32.1 Å². The Labute approximate surface area is 128 Å². The molecule has 0 spiro atoms. The van der Waals surface area contributed by atoms with Gasteiger partial charge >= 0.3 is 0 Å². The summed E-state index contributed by atoms with van der Waals surface area (Å²) < 4.78 is 0. The first-order valence-electron chi connectivity index (χ1n) is 6.66. The molecule has 1 N–H and O–H groups in total. The van der Waals surface area contributed by atoms with Crippen LogP contribution in [0, 0.1) is 0 Å². The van der Waals surface area contributed by atoms with Crippen LogP contribution in [0.2, 0.25) is 0 Å². The molecule has 2 aliphatic heterocycles. The summed E-state index contributed by atoms with van der Waals surface area (Å²) in [6.45, 7) is 8.98. The highest BCUT2D eigenvalue weighted by Gasteiger charge is 2.13. The number of hydrogen-bond acceptors (Lipinski definition) is 5. The van der Waals surface area contributed by atoms with Crippen LogP contribution in [-0.2, 0) is 0 Å². The zero-order chi connectivity index (χ0) is 12.1. The lowest BCUT2D eigenvalue weighted by atomic mass is 10.4. The van der Waals surface area contributed by atoms with E-state index in [2.05, 4.69) is 39.1 Å². The smallest absolute Gasteiger partial charge is 0.193 e. The van der Waals surface area contributed by atoms with Gasteiger partial charge in [0.25, 0.3) is 0 Å². The topological polar surface area (TPSA) is 34.1 Å². The Bertz CT molecular complexity index is 271. The van der Waals surface area contributed by atoms with Gasteiger partial charge < -0.3 is 20.0 Å². The van der Waals surface area contributed by atoms with Crippen molar-refractivity contribution in [1.82, 2.24) is 20.0 Å². The van der Waals surface area contributed by atoms with Gasteiger partial charge in [-0.1, -0.05) is 0 Å². The van der Waals surface area contributed by atoms with Crippen molar-refractivity contribution in [3.05, 3.63) is 0 Å². The fraction of sp³-hybridized carbons (Fsp3) is 0.917. The highest BCUT2D eigenvalue weighted by Crippen LogP contribution is 2.00. The molecule has 0 aliphatic carbocycles. The molecule has 0 bridgehead atoms. The van der Waals surface area contributed by atoms with Crippen LogP contribution in [0.5, 0.6) is 0 Å². The molecule has 2 aliphatic rings. The summed E-state index contributed by atoms with van der Waals surface area (Å²) in [6, 6.07) is 0. The van der Waals surface area contributed by atoms with Crippen molar-refractivity contribution < 1.29 is 0 Å². The standard InChI is InChI=1S/C12H25N5.HI/c1-15-6-3-7-17(11-10-15)9-5-14-12-13-4-8-16(12)2;/h3-11H2,1-2H3,(H,13,14);1H. The van der Waals surface area contributed by atoms with E-state index >= 15 is 0 Å². The number of guanidine groups is 1. The van der Waals surface area contributed by atoms with Crippen LogP contribution in [0.25, 0.3) is 0 Å². The number of halogens is 1. The molecule has 6 heteroatoms. The Morgan fingerprint density at radius 1 is 1.11 bits per heavy atom. The number of likely N-dealkylation sites (N-methyl/N-ethyl adjacent to an activating group) is 2. The van der Waals surface area contributed by atoms with Gasteiger partial charge in [0.05, 0.1) is 6.54 Å². The summed E-state index contributed by atoms with van der Waals surface area (Å²) in [7, 11) is 4.31. The van der Waals surface area contributed by atoms with Crippen LogP contribution in [-0.4, -0.2) is 87.1 Å². The maximum absolute atomic E-state index is 4.43. The summed E-state index contributed by atoms with van der Waals surface area (Å²) >= 11 is 0. The lowest BCUT2D eigenvalue weighted by molar-refractivity contribution is 0.279. The molecule has 18 heavy (non-hydrogen) atoms. The minimum Gasteiger partial charge on any atom is -0.355 e. The molecule has 0 radical (unpaired) electrons. The Morgan fingerprint density at radius 3 is 2.67 bits per heavy atom. The Morgan fingerprint density at radius 2 is 1.94 bits per heavy atom. The van der Waals surface area contributed by atoms with E-state index in [9.17, 15) is 0 Å². The molecule has 0 aromatic carbocycles. The van der Waals surface area contributed by atoms with Gasteiger partial charge in [0.2, 0.25) is 0 Å². The number of aliphatic imine (C=N–C) groups is 1. The lowest BCUT2D eigenvalue weighted by Gasteiger charge is -2.21. The summed E-state index contributed by atoms with van der Waals surface area (Å²) in [6.07, 6.45) is 1.29. The Kier molecular flexibility index (Phi) is 7.25. The van der Waals surface area contributed by atoms with Crippen LogP contribution in [0.15, 0.2) is 4.99 Å². The van der Waals surface area contributed by atoms with E-state index in [1.165, 1.54) is 32.6 Å². The van der Waals surface area contributed by atoms with E-state index < -0.39 is 0 Å². The van der Waals surface area contributed by atoms with Gasteiger partial charge in [-0.05, 0) is 26.6 Å². The number of nitrogens with zero attached hydrogens (tertiary/aromatic N) is 4. The van der Waals surface area contributed by atoms with Gasteiger partial charge in [-0.15, -0.1) is 24.0 Å². The first-order chi connectivity index (χ1) is 8.25. The maximum atomic E-state index is 4.43. The lowest BCUT2D eigenvalue weighted by Crippen LogP contribution is -2.41. The zero-order valence-corrected chi connectivity index (χ0v) is 13.9. The Hall–Kier alpha value is -0.0800. The first-order valence-corrected chi connectivity index (χ1v) is 6.66. The van der Waals surface area contributed by atoms with Crippen LogP contribution in [0.3, 0.4) is 0 Å². The first kappa shape index (κ1) is 16.0. The largest absolute Gasteiger partial charge is 0.355 e. The molecule has 0 aromatic rings. The second-order valence-electron chi connectivity index (χ2n) is 5.05. The number of nitrogens with one attached hydrogen (secondary N) is 1. The van der Waals surface area contributed by atoms with Crippen LogP contribution >= 0.6 is 24.0 Å². The average Bonchev–Trinajstić information content (AvgIpc) is 2.59. The maximum Gasteiger partial charge on any atom is 0.193 e. The minimum atomic E-state index is 0. The van der Waals surface area contributed by atoms with Crippen molar-refractivity contribution in [2.75, 3.05) is 66.5 Å². The fourth-order valence-corrected chi connectivity index (χ4v) is 2.37. The third kappa shape index (κ3) is 4.89. The van der Waals surface area contributed by atoms with Crippen molar-refractivity contribution in [3.8, 4) is 0 Å². The minimum absolute atomic E-state index is 0. The number of hydrogen-bond donors (Lipinski definition) is 1. The van der Waals surface area contributed by atoms with Gasteiger partial charge in [-0.25, -0.2) is 0 Å². The SMILES string of the molecule is CN1CCCN(CCNC2=NCCN2C)CC1.I. The molecule has 0 amide bonds. The molecule has 0 unspecified atom stereocenters. The summed E-state index contributed by atoms with van der Waals surface area (Å²) in [5, 5.41) is 3.43. The summed E-state index contributed by atoms with van der Waals surface area (Å²) in [5.41, 5.74) is 0. The van der Waals surface area contributed by atoms with Crippen LogP contribution in [0.1, 0.15) is 6.42 Å². The summed E-state index contributed by atoms with van der Waals surface area (Å²) in [4.78, 5) is 11.6. The molecule has 2 rings (SSSR count). The summed E-state index contributed by atoms with van der Waals surface area (Å²) in [5.74, 6) is 1.07. The van der Waals surface area contributed by atoms with E-state index in [4.69, 9.17) is 0 Å². The molecule has 0 atom stereocenters. The van der Waals surface area contributed by atoms with Crippen molar-refractivity contribution in [1.29, 1.82) is 0 Å². The fourth-order valence-electron chi connectivity index (χ4n) is 2.37. The van der Waals surface area contributed by atoms with Crippen molar-refractivity contribution in [2.24, 2.45) is 4.99 Å². The van der Waals surface area contributed by atoms with Gasteiger partial charge in [-0.2, -0.15) is 0 Å². The van der Waals surface area contributed by atoms with E-state index in [1.54, 1.807) is 0 Å². The molecule has 2 heterocycles. The van der Waals surface area contributed by atoms with Gasteiger partial charge in [0, 0.05) is 39.8 Å². The second kappa shape index (κ2) is 8.16. The molecule has 1 saturated heterocycles. The predicted octanol–water partition coefficient (Wildman–Crippen LogP) is 0.133. The van der Waals surface area contributed by atoms with Crippen molar-refractivity contribution in [3.63, 3.8) is 0 Å².